The van der Waals surface area contributed by atoms with E-state index in [0.29, 0.717) is 11.1 Å². The summed E-state index contributed by atoms with van der Waals surface area (Å²) in [6.07, 6.45) is 2.88. The first-order valence-corrected chi connectivity index (χ1v) is 5.15. The summed E-state index contributed by atoms with van der Waals surface area (Å²) >= 11 is 0. The first kappa shape index (κ1) is 13.6. The molecule has 1 aromatic carbocycles. The maximum atomic E-state index is 10.4. The number of hydrogen-bond donors (Lipinski definition) is 0. The average molecular weight is 248 g/mol. The Bertz CT molecular complexity index is 481. The van der Waals surface area contributed by atoms with Crippen LogP contribution >= 0.6 is 0 Å². The van der Waals surface area contributed by atoms with E-state index in [1.807, 2.05) is 0 Å². The summed E-state index contributed by atoms with van der Waals surface area (Å²) < 4.78 is 0. The number of nitrogens with zero attached hydrogens (tertiary/aromatic N) is 2. The number of nitro groups is 2. The predicted octanol–water partition coefficient (Wildman–Crippen LogP) is 2.96. The Balaban J connectivity index is 2.94. The average Bonchev–Trinajstić information content (AvgIpc) is 2.31. The zero-order chi connectivity index (χ0) is 13.7. The van der Waals surface area contributed by atoms with Gasteiger partial charge in [-0.15, -0.1) is 0 Å². The molecule has 0 N–H and O–H groups in total. The molecule has 0 atom stereocenters. The van der Waals surface area contributed by atoms with Crippen LogP contribution in [0.5, 0.6) is 0 Å². The second-order valence-electron chi connectivity index (χ2n) is 3.75. The van der Waals surface area contributed by atoms with Crippen molar-refractivity contribution >= 4 is 12.2 Å². The van der Waals surface area contributed by atoms with E-state index in [1.54, 1.807) is 24.3 Å². The molecule has 6 nitrogen and oxygen atoms in total. The van der Waals surface area contributed by atoms with Crippen LogP contribution in [0, 0.1) is 20.2 Å². The molecule has 18 heavy (non-hydrogen) atoms. The highest BCUT2D eigenvalue weighted by molar-refractivity contribution is 5.56. The van der Waals surface area contributed by atoms with Crippen molar-refractivity contribution in [1.29, 1.82) is 0 Å². The van der Waals surface area contributed by atoms with Gasteiger partial charge in [0.05, 0.1) is 9.85 Å². The van der Waals surface area contributed by atoms with Crippen molar-refractivity contribution in [1.82, 2.24) is 0 Å². The Hall–Kier alpha value is -2.50. The van der Waals surface area contributed by atoms with Crippen LogP contribution in [0.2, 0.25) is 0 Å². The summed E-state index contributed by atoms with van der Waals surface area (Å²) in [6, 6.07) is 6.69. The molecular weight excluding hydrogens is 236 g/mol. The van der Waals surface area contributed by atoms with Gasteiger partial charge in [-0.3, -0.25) is 20.2 Å². The molecule has 1 aromatic rings. The van der Waals surface area contributed by atoms with E-state index in [4.69, 9.17) is 0 Å². The maximum absolute atomic E-state index is 10.4. The minimum Gasteiger partial charge on any atom is -0.259 e. The smallest absolute Gasteiger partial charge is 0.243 e. The van der Waals surface area contributed by atoms with Crippen molar-refractivity contribution < 1.29 is 9.85 Å². The van der Waals surface area contributed by atoms with Gasteiger partial charge in [-0.05, 0) is 11.1 Å². The Morgan fingerprint density at radius 2 is 1.17 bits per heavy atom. The lowest BCUT2D eigenvalue weighted by molar-refractivity contribution is -0.422. The minimum atomic E-state index is -0.468. The van der Waals surface area contributed by atoms with Gasteiger partial charge in [-0.25, -0.2) is 0 Å². The number of allylic oxidation sites excluding steroid dienone is 2. The van der Waals surface area contributed by atoms with Crippen LogP contribution in [0.3, 0.4) is 0 Å². The van der Waals surface area contributed by atoms with Crippen LogP contribution < -0.4 is 0 Å². The fourth-order valence-electron chi connectivity index (χ4n) is 1.28. The molecule has 0 fully saturated rings. The summed E-state index contributed by atoms with van der Waals surface area (Å²) in [5, 5.41) is 20.9. The van der Waals surface area contributed by atoms with Crippen molar-refractivity contribution in [2.45, 2.75) is 13.8 Å². The maximum Gasteiger partial charge on any atom is 0.243 e. The second kappa shape index (κ2) is 5.72. The lowest BCUT2D eigenvalue weighted by Gasteiger charge is -1.96. The van der Waals surface area contributed by atoms with Crippen molar-refractivity contribution in [3.8, 4) is 0 Å². The molecule has 0 amide bonds. The third-order valence-corrected chi connectivity index (χ3v) is 2.26. The molecule has 0 aliphatic carbocycles. The molecule has 1 rings (SSSR count). The molecule has 0 bridgehead atoms. The molecule has 0 saturated heterocycles. The van der Waals surface area contributed by atoms with E-state index >= 15 is 0 Å². The molecule has 0 spiro atoms. The van der Waals surface area contributed by atoms with Crippen LogP contribution in [0.4, 0.5) is 0 Å². The van der Waals surface area contributed by atoms with Crippen molar-refractivity contribution in [3.63, 3.8) is 0 Å². The van der Waals surface area contributed by atoms with Crippen LogP contribution in [-0.2, 0) is 0 Å². The van der Waals surface area contributed by atoms with Gasteiger partial charge in [-0.1, -0.05) is 24.3 Å². The summed E-state index contributed by atoms with van der Waals surface area (Å²) in [5.41, 5.74) is 1.44. The van der Waals surface area contributed by atoms with E-state index in [2.05, 4.69) is 0 Å². The molecule has 0 aromatic heterocycles. The van der Waals surface area contributed by atoms with Crippen molar-refractivity contribution in [2.24, 2.45) is 0 Å². The molecular formula is C12H12N2O4. The fraction of sp³-hybridized carbons (Fsp3) is 0.167. The van der Waals surface area contributed by atoms with Crippen LogP contribution in [0.1, 0.15) is 25.0 Å². The molecule has 6 heteroatoms. The normalized spacial score (nSPS) is 12.3. The highest BCUT2D eigenvalue weighted by Crippen LogP contribution is 2.12. The molecule has 0 aliphatic rings. The van der Waals surface area contributed by atoms with Gasteiger partial charge in [0.25, 0.3) is 0 Å². The summed E-state index contributed by atoms with van der Waals surface area (Å²) in [6.45, 7) is 2.81. The standard InChI is InChI=1S/C12H12N2O4/c1-9(13(15)16)7-11-3-5-12(6-4-11)8-10(2)14(17)18/h3-8H,1-2H3/b9-7+,10-8?. The molecule has 0 saturated carbocycles. The zero-order valence-corrected chi connectivity index (χ0v) is 9.99. The van der Waals surface area contributed by atoms with E-state index in [0.717, 1.165) is 0 Å². The Morgan fingerprint density at radius 3 is 1.39 bits per heavy atom. The van der Waals surface area contributed by atoms with Gasteiger partial charge in [0.2, 0.25) is 11.4 Å². The zero-order valence-electron chi connectivity index (χ0n) is 9.99. The molecule has 0 unspecified atom stereocenters. The quantitative estimate of drug-likeness (QED) is 0.605. The van der Waals surface area contributed by atoms with Crippen LogP contribution in [0.25, 0.3) is 12.2 Å². The van der Waals surface area contributed by atoms with Crippen molar-refractivity contribution in [2.75, 3.05) is 0 Å². The van der Waals surface area contributed by atoms with Gasteiger partial charge < -0.3 is 0 Å². The fourth-order valence-corrected chi connectivity index (χ4v) is 1.28. The lowest BCUT2D eigenvalue weighted by Crippen LogP contribution is -1.93. The van der Waals surface area contributed by atoms with E-state index in [-0.39, 0.29) is 11.4 Å². The minimum absolute atomic E-state index is 0.0414. The van der Waals surface area contributed by atoms with E-state index < -0.39 is 9.85 Å². The molecule has 0 radical (unpaired) electrons. The summed E-state index contributed by atoms with van der Waals surface area (Å²) in [4.78, 5) is 20.0. The molecule has 0 heterocycles. The van der Waals surface area contributed by atoms with Gasteiger partial charge in [0.15, 0.2) is 0 Å². The highest BCUT2D eigenvalue weighted by atomic mass is 16.6. The Kier molecular flexibility index (Phi) is 4.31. The van der Waals surface area contributed by atoms with Gasteiger partial charge in [-0.2, -0.15) is 0 Å². The SMILES string of the molecule is CC(=Cc1ccc(/C=C(\C)[N+](=O)[O-])cc1)[N+](=O)[O-]. The number of benzene rings is 1. The molecule has 94 valence electrons. The topological polar surface area (TPSA) is 86.3 Å². The number of hydrogen-bond acceptors (Lipinski definition) is 4. The monoisotopic (exact) mass is 248 g/mol. The highest BCUT2D eigenvalue weighted by Gasteiger charge is 2.03. The summed E-state index contributed by atoms with van der Waals surface area (Å²) in [5.74, 6) is 0. The Labute approximate surface area is 104 Å². The van der Waals surface area contributed by atoms with Gasteiger partial charge in [0, 0.05) is 26.0 Å². The van der Waals surface area contributed by atoms with Crippen molar-refractivity contribution in [3.05, 3.63) is 67.0 Å². The second-order valence-corrected chi connectivity index (χ2v) is 3.75. The lowest BCUT2D eigenvalue weighted by atomic mass is 10.1. The third-order valence-electron chi connectivity index (χ3n) is 2.26. The van der Waals surface area contributed by atoms with Crippen LogP contribution in [0.15, 0.2) is 35.7 Å². The predicted molar refractivity (Wildman–Crippen MR) is 67.7 cm³/mol. The van der Waals surface area contributed by atoms with E-state index in [1.165, 1.54) is 26.0 Å². The molecule has 0 aliphatic heterocycles. The first-order valence-electron chi connectivity index (χ1n) is 5.15. The first-order chi connectivity index (χ1) is 8.40. The third kappa shape index (κ3) is 3.82. The van der Waals surface area contributed by atoms with Crippen LogP contribution in [-0.4, -0.2) is 9.85 Å². The largest absolute Gasteiger partial charge is 0.259 e. The van der Waals surface area contributed by atoms with Gasteiger partial charge in [0.1, 0.15) is 0 Å². The number of rotatable bonds is 4. The summed E-state index contributed by atoms with van der Waals surface area (Å²) in [7, 11) is 0. The Morgan fingerprint density at radius 1 is 0.889 bits per heavy atom. The van der Waals surface area contributed by atoms with Gasteiger partial charge >= 0.3 is 0 Å². The van der Waals surface area contributed by atoms with E-state index in [9.17, 15) is 20.2 Å².